The Morgan fingerprint density at radius 1 is 1.45 bits per heavy atom. The minimum absolute atomic E-state index is 0.701. The molecule has 0 aliphatic carbocycles. The monoisotopic (exact) mass is 213 g/mol. The molecular formula is C8H8BrNO. The molecule has 0 aliphatic heterocycles. The lowest BCUT2D eigenvalue weighted by Crippen LogP contribution is -1.82. The summed E-state index contributed by atoms with van der Waals surface area (Å²) in [6.07, 6.45) is 0. The zero-order valence-electron chi connectivity index (χ0n) is 6.17. The molecule has 0 radical (unpaired) electrons. The highest BCUT2D eigenvalue weighted by Crippen LogP contribution is 2.20. The van der Waals surface area contributed by atoms with E-state index in [0.29, 0.717) is 5.75 Å². The van der Waals surface area contributed by atoms with Crippen LogP contribution in [0, 0.1) is 6.92 Å². The summed E-state index contributed by atoms with van der Waals surface area (Å²) in [4.78, 5) is 4.85. The number of rotatable bonds is 2. The first kappa shape index (κ1) is 8.27. The van der Waals surface area contributed by atoms with Crippen molar-refractivity contribution in [1.82, 2.24) is 0 Å². The molecular weight excluding hydrogens is 206 g/mol. The predicted octanol–water partition coefficient (Wildman–Crippen LogP) is 2.75. The molecule has 0 saturated heterocycles. The van der Waals surface area contributed by atoms with E-state index in [4.69, 9.17) is 4.84 Å². The van der Waals surface area contributed by atoms with E-state index in [0.717, 1.165) is 10.0 Å². The van der Waals surface area contributed by atoms with E-state index in [1.54, 1.807) is 0 Å². The number of benzene rings is 1. The Morgan fingerprint density at radius 3 is 2.73 bits per heavy atom. The fourth-order valence-electron chi connectivity index (χ4n) is 0.830. The van der Waals surface area contributed by atoms with Crippen LogP contribution in [0.4, 0.5) is 0 Å². The smallest absolute Gasteiger partial charge is 0.159 e. The third-order valence-electron chi connectivity index (χ3n) is 1.19. The first-order valence-electron chi connectivity index (χ1n) is 3.12. The average Bonchev–Trinajstić information content (AvgIpc) is 1.85. The van der Waals surface area contributed by atoms with Crippen LogP contribution in [0.5, 0.6) is 5.75 Å². The SMILES string of the molecule is C=NOc1cc(C)cc(Br)c1. The van der Waals surface area contributed by atoms with Crippen molar-refractivity contribution in [3.05, 3.63) is 28.2 Å². The fraction of sp³-hybridized carbons (Fsp3) is 0.125. The molecule has 0 bridgehead atoms. The van der Waals surface area contributed by atoms with Crippen LogP contribution in [-0.2, 0) is 0 Å². The van der Waals surface area contributed by atoms with Crippen molar-refractivity contribution in [2.24, 2.45) is 5.16 Å². The van der Waals surface area contributed by atoms with E-state index in [1.165, 1.54) is 0 Å². The Labute approximate surface area is 74.0 Å². The van der Waals surface area contributed by atoms with Crippen molar-refractivity contribution >= 4 is 22.6 Å². The van der Waals surface area contributed by atoms with Crippen LogP contribution in [0.2, 0.25) is 0 Å². The Hall–Kier alpha value is -0.830. The summed E-state index contributed by atoms with van der Waals surface area (Å²) in [6.45, 7) is 5.21. The molecule has 1 aromatic rings. The molecule has 2 nitrogen and oxygen atoms in total. The molecule has 11 heavy (non-hydrogen) atoms. The second-order valence-corrected chi connectivity index (χ2v) is 3.10. The maximum absolute atomic E-state index is 4.85. The second kappa shape index (κ2) is 3.53. The highest BCUT2D eigenvalue weighted by molar-refractivity contribution is 9.10. The Balaban J connectivity index is 2.98. The predicted molar refractivity (Wildman–Crippen MR) is 49.1 cm³/mol. The number of hydrogen-bond acceptors (Lipinski definition) is 2. The van der Waals surface area contributed by atoms with Gasteiger partial charge in [0.1, 0.15) is 0 Å². The van der Waals surface area contributed by atoms with Gasteiger partial charge in [0.25, 0.3) is 0 Å². The normalized spacial score (nSPS) is 9.27. The second-order valence-electron chi connectivity index (χ2n) is 2.18. The van der Waals surface area contributed by atoms with Crippen LogP contribution in [0.15, 0.2) is 27.8 Å². The molecule has 3 heteroatoms. The third kappa shape index (κ3) is 2.35. The fourth-order valence-corrected chi connectivity index (χ4v) is 1.42. The van der Waals surface area contributed by atoms with Crippen LogP contribution in [-0.4, -0.2) is 6.72 Å². The summed E-state index contributed by atoms with van der Waals surface area (Å²) < 4.78 is 0.983. The van der Waals surface area contributed by atoms with E-state index < -0.39 is 0 Å². The quantitative estimate of drug-likeness (QED) is 0.547. The molecule has 0 N–H and O–H groups in total. The summed E-state index contributed by atoms with van der Waals surface area (Å²) in [7, 11) is 0. The van der Waals surface area contributed by atoms with Gasteiger partial charge in [-0.25, -0.2) is 0 Å². The van der Waals surface area contributed by atoms with Gasteiger partial charge in [-0.15, -0.1) is 0 Å². The molecule has 1 rings (SSSR count). The van der Waals surface area contributed by atoms with Crippen molar-refractivity contribution in [3.63, 3.8) is 0 Å². The van der Waals surface area contributed by atoms with Gasteiger partial charge in [-0.2, -0.15) is 0 Å². The largest absolute Gasteiger partial charge is 0.358 e. The van der Waals surface area contributed by atoms with Crippen molar-refractivity contribution in [2.75, 3.05) is 0 Å². The van der Waals surface area contributed by atoms with Gasteiger partial charge in [0.2, 0.25) is 0 Å². The summed E-state index contributed by atoms with van der Waals surface area (Å²) in [5.41, 5.74) is 1.12. The van der Waals surface area contributed by atoms with Gasteiger partial charge in [-0.1, -0.05) is 21.1 Å². The molecule has 1 aromatic carbocycles. The van der Waals surface area contributed by atoms with Crippen LogP contribution < -0.4 is 4.84 Å². The number of halogens is 1. The molecule has 0 unspecified atom stereocenters. The molecule has 0 fully saturated rings. The molecule has 0 aromatic heterocycles. The number of hydrogen-bond donors (Lipinski definition) is 0. The van der Waals surface area contributed by atoms with E-state index in [9.17, 15) is 0 Å². The van der Waals surface area contributed by atoms with Crippen LogP contribution in [0.25, 0.3) is 0 Å². The maximum Gasteiger partial charge on any atom is 0.159 e. The maximum atomic E-state index is 4.85. The highest BCUT2D eigenvalue weighted by Gasteiger charge is 1.95. The summed E-state index contributed by atoms with van der Waals surface area (Å²) >= 11 is 3.34. The van der Waals surface area contributed by atoms with Gasteiger partial charge in [-0.05, 0) is 30.7 Å². The van der Waals surface area contributed by atoms with Crippen LogP contribution in [0.3, 0.4) is 0 Å². The summed E-state index contributed by atoms with van der Waals surface area (Å²) in [5.74, 6) is 0.701. The van der Waals surface area contributed by atoms with Crippen molar-refractivity contribution < 1.29 is 4.84 Å². The molecule has 0 aliphatic rings. The molecule has 0 spiro atoms. The molecule has 0 heterocycles. The highest BCUT2D eigenvalue weighted by atomic mass is 79.9. The zero-order valence-corrected chi connectivity index (χ0v) is 7.76. The van der Waals surface area contributed by atoms with E-state index in [-0.39, 0.29) is 0 Å². The molecule has 0 saturated carbocycles. The van der Waals surface area contributed by atoms with Crippen molar-refractivity contribution in [3.8, 4) is 5.75 Å². The summed E-state index contributed by atoms with van der Waals surface area (Å²) in [5, 5.41) is 3.32. The van der Waals surface area contributed by atoms with E-state index in [1.807, 2.05) is 25.1 Å². The standard InChI is InChI=1S/C8H8BrNO/c1-6-3-7(9)5-8(4-6)11-10-2/h3-5H,2H2,1H3. The first-order valence-corrected chi connectivity index (χ1v) is 3.92. The third-order valence-corrected chi connectivity index (χ3v) is 1.64. The Bertz CT molecular complexity index is 253. The van der Waals surface area contributed by atoms with Gasteiger partial charge >= 0.3 is 0 Å². The lowest BCUT2D eigenvalue weighted by molar-refractivity contribution is 0.345. The first-order chi connectivity index (χ1) is 5.22. The lowest BCUT2D eigenvalue weighted by Gasteiger charge is -1.99. The minimum Gasteiger partial charge on any atom is -0.358 e. The Morgan fingerprint density at radius 2 is 2.18 bits per heavy atom. The Kier molecular flexibility index (Phi) is 2.65. The van der Waals surface area contributed by atoms with Crippen LogP contribution >= 0.6 is 15.9 Å². The summed E-state index contributed by atoms with van der Waals surface area (Å²) in [6, 6.07) is 5.72. The average molecular weight is 214 g/mol. The van der Waals surface area contributed by atoms with Gasteiger partial charge in [-0.3, -0.25) is 0 Å². The van der Waals surface area contributed by atoms with Gasteiger partial charge in [0.15, 0.2) is 5.75 Å². The van der Waals surface area contributed by atoms with E-state index in [2.05, 4.69) is 27.8 Å². The number of nitrogens with zero attached hydrogens (tertiary/aromatic N) is 1. The minimum atomic E-state index is 0.701. The lowest BCUT2D eigenvalue weighted by atomic mass is 10.2. The molecule has 0 atom stereocenters. The molecule has 0 amide bonds. The topological polar surface area (TPSA) is 21.6 Å². The van der Waals surface area contributed by atoms with Crippen molar-refractivity contribution in [1.29, 1.82) is 0 Å². The van der Waals surface area contributed by atoms with E-state index >= 15 is 0 Å². The van der Waals surface area contributed by atoms with Crippen molar-refractivity contribution in [2.45, 2.75) is 6.92 Å². The van der Waals surface area contributed by atoms with Gasteiger partial charge in [0.05, 0.1) is 0 Å². The van der Waals surface area contributed by atoms with Gasteiger partial charge in [0, 0.05) is 11.2 Å². The zero-order chi connectivity index (χ0) is 8.27. The van der Waals surface area contributed by atoms with Crippen LogP contribution in [0.1, 0.15) is 5.56 Å². The number of aryl methyl sites for hydroxylation is 1. The number of oxime groups is 1. The molecule has 58 valence electrons. The van der Waals surface area contributed by atoms with Gasteiger partial charge < -0.3 is 4.84 Å².